The van der Waals surface area contributed by atoms with Gasteiger partial charge in [0.2, 0.25) is 11.8 Å². The Hall–Kier alpha value is -1.30. The van der Waals surface area contributed by atoms with Crippen molar-refractivity contribution in [3.8, 4) is 0 Å². The van der Waals surface area contributed by atoms with Crippen LogP contribution >= 0.6 is 23.2 Å². The number of nitrogens with two attached hydrogens (primary N) is 1. The fourth-order valence-electron chi connectivity index (χ4n) is 2.47. The Balaban J connectivity index is 1.89. The molecule has 0 unspecified atom stereocenters. The Bertz CT molecular complexity index is 570. The molecule has 1 saturated heterocycles. The lowest BCUT2D eigenvalue weighted by Crippen LogP contribution is -2.47. The lowest BCUT2D eigenvalue weighted by atomic mass is 9.95. The number of likely N-dealkylation sites (tertiary alicyclic amines) is 1. The van der Waals surface area contributed by atoms with Gasteiger partial charge in [0.25, 0.3) is 0 Å². The van der Waals surface area contributed by atoms with E-state index in [2.05, 4.69) is 5.32 Å². The number of carbonyl (C=O) groups excluding carboxylic acids is 2. The first-order valence-corrected chi connectivity index (χ1v) is 7.94. The van der Waals surface area contributed by atoms with Crippen LogP contribution in [0.4, 0.5) is 5.69 Å². The Kier molecular flexibility index (Phi) is 5.67. The predicted octanol–water partition coefficient (Wildman–Crippen LogP) is 2.52. The average Bonchev–Trinajstić information content (AvgIpc) is 2.50. The Morgan fingerprint density at radius 2 is 1.91 bits per heavy atom. The van der Waals surface area contributed by atoms with Gasteiger partial charge in [-0.3, -0.25) is 9.59 Å². The zero-order chi connectivity index (χ0) is 16.3. The summed E-state index contributed by atoms with van der Waals surface area (Å²) in [5.74, 6) is -0.249. The molecule has 22 heavy (non-hydrogen) atoms. The average molecular weight is 344 g/mol. The normalized spacial score (nSPS) is 17.2. The minimum absolute atomic E-state index is 0.0636. The van der Waals surface area contributed by atoms with Gasteiger partial charge in [-0.1, -0.05) is 23.2 Å². The van der Waals surface area contributed by atoms with Crippen molar-refractivity contribution >= 4 is 40.7 Å². The third-order valence-electron chi connectivity index (χ3n) is 3.75. The van der Waals surface area contributed by atoms with Crippen LogP contribution in [0.3, 0.4) is 0 Å². The second-order valence-electron chi connectivity index (χ2n) is 5.51. The maximum absolute atomic E-state index is 12.3. The second-order valence-corrected chi connectivity index (χ2v) is 6.32. The van der Waals surface area contributed by atoms with E-state index in [0.29, 0.717) is 41.7 Å². The highest BCUT2D eigenvalue weighted by molar-refractivity contribution is 6.42. The zero-order valence-corrected chi connectivity index (χ0v) is 13.8. The van der Waals surface area contributed by atoms with E-state index in [1.54, 1.807) is 30.0 Å². The number of piperidine rings is 1. The Morgan fingerprint density at radius 1 is 1.27 bits per heavy atom. The van der Waals surface area contributed by atoms with Crippen molar-refractivity contribution in [2.45, 2.75) is 25.8 Å². The summed E-state index contributed by atoms with van der Waals surface area (Å²) in [6.07, 6.45) is 1.26. The number of anilines is 1. The first-order chi connectivity index (χ1) is 10.4. The van der Waals surface area contributed by atoms with Gasteiger partial charge >= 0.3 is 0 Å². The molecule has 1 heterocycles. The van der Waals surface area contributed by atoms with Crippen molar-refractivity contribution in [3.05, 3.63) is 28.2 Å². The molecular formula is C15H19Cl2N3O2. The molecule has 0 aromatic heterocycles. The molecule has 1 aromatic carbocycles. The number of nitrogens with one attached hydrogen (secondary N) is 1. The van der Waals surface area contributed by atoms with Crippen LogP contribution in [0.1, 0.15) is 19.8 Å². The molecule has 0 radical (unpaired) electrons. The van der Waals surface area contributed by atoms with Gasteiger partial charge in [-0.25, -0.2) is 0 Å². The van der Waals surface area contributed by atoms with E-state index in [1.165, 1.54) is 0 Å². The van der Waals surface area contributed by atoms with E-state index in [9.17, 15) is 9.59 Å². The van der Waals surface area contributed by atoms with Crippen molar-refractivity contribution in [1.82, 2.24) is 4.90 Å². The predicted molar refractivity (Wildman–Crippen MR) is 88.0 cm³/mol. The summed E-state index contributed by atoms with van der Waals surface area (Å²) in [5, 5.41) is 3.68. The van der Waals surface area contributed by atoms with Gasteiger partial charge in [0.05, 0.1) is 16.1 Å². The lowest BCUT2D eigenvalue weighted by molar-refractivity contribution is -0.135. The van der Waals surface area contributed by atoms with Crippen molar-refractivity contribution < 1.29 is 9.59 Å². The highest BCUT2D eigenvalue weighted by Gasteiger charge is 2.28. The molecule has 0 bridgehead atoms. The van der Waals surface area contributed by atoms with Gasteiger partial charge in [0.15, 0.2) is 0 Å². The summed E-state index contributed by atoms with van der Waals surface area (Å²) in [6, 6.07) is 4.47. The molecule has 0 spiro atoms. The fourth-order valence-corrected chi connectivity index (χ4v) is 2.77. The number of carbonyl (C=O) groups is 2. The van der Waals surface area contributed by atoms with Crippen molar-refractivity contribution in [2.75, 3.05) is 18.4 Å². The van der Waals surface area contributed by atoms with Crippen LogP contribution in [0.2, 0.25) is 10.0 Å². The molecule has 1 fully saturated rings. The first kappa shape index (κ1) is 17.1. The summed E-state index contributed by atoms with van der Waals surface area (Å²) in [5.41, 5.74) is 6.21. The van der Waals surface area contributed by atoms with Crippen LogP contribution in [0.5, 0.6) is 0 Å². The molecule has 2 rings (SSSR count). The third-order valence-corrected chi connectivity index (χ3v) is 4.49. The Morgan fingerprint density at radius 3 is 2.45 bits per heavy atom. The summed E-state index contributed by atoms with van der Waals surface area (Å²) >= 11 is 11.8. The molecule has 2 amide bonds. The molecule has 120 valence electrons. The molecule has 5 nitrogen and oxygen atoms in total. The number of nitrogens with zero attached hydrogens (tertiary/aromatic N) is 1. The Labute approximate surface area is 139 Å². The highest BCUT2D eigenvalue weighted by Crippen LogP contribution is 2.26. The summed E-state index contributed by atoms with van der Waals surface area (Å²) in [7, 11) is 0. The molecule has 1 atom stereocenters. The molecule has 3 N–H and O–H groups in total. The van der Waals surface area contributed by atoms with E-state index in [-0.39, 0.29) is 17.7 Å². The van der Waals surface area contributed by atoms with E-state index >= 15 is 0 Å². The lowest BCUT2D eigenvalue weighted by Gasteiger charge is -2.32. The maximum atomic E-state index is 12.3. The number of benzene rings is 1. The van der Waals surface area contributed by atoms with E-state index in [0.717, 1.165) is 0 Å². The monoisotopic (exact) mass is 343 g/mol. The quantitative estimate of drug-likeness (QED) is 0.885. The third kappa shape index (κ3) is 4.12. The van der Waals surface area contributed by atoms with Crippen LogP contribution in [0, 0.1) is 5.92 Å². The van der Waals surface area contributed by atoms with Crippen LogP contribution in [-0.2, 0) is 9.59 Å². The number of hydrogen-bond acceptors (Lipinski definition) is 3. The van der Waals surface area contributed by atoms with Gasteiger partial charge in [0.1, 0.15) is 0 Å². The molecular weight excluding hydrogens is 325 g/mol. The molecule has 1 aromatic rings. The molecule has 7 heteroatoms. The van der Waals surface area contributed by atoms with Gasteiger partial charge < -0.3 is 16.0 Å². The summed E-state index contributed by atoms with van der Waals surface area (Å²) in [6.45, 7) is 2.78. The topological polar surface area (TPSA) is 75.4 Å². The second kappa shape index (κ2) is 7.31. The zero-order valence-electron chi connectivity index (χ0n) is 12.3. The largest absolute Gasteiger partial charge is 0.341 e. The SMILES string of the molecule is C[C@@H](N)C(=O)N1CCC(C(=O)Nc2ccc(Cl)c(Cl)c2)CC1. The number of halogens is 2. The minimum atomic E-state index is -0.499. The van der Waals surface area contributed by atoms with E-state index < -0.39 is 6.04 Å². The van der Waals surface area contributed by atoms with Crippen molar-refractivity contribution in [1.29, 1.82) is 0 Å². The molecule has 1 aliphatic rings. The first-order valence-electron chi connectivity index (χ1n) is 7.18. The van der Waals surface area contributed by atoms with Crippen LogP contribution < -0.4 is 11.1 Å². The number of hydrogen-bond donors (Lipinski definition) is 2. The summed E-state index contributed by atoms with van der Waals surface area (Å²) < 4.78 is 0. The van der Waals surface area contributed by atoms with Crippen LogP contribution in [0.25, 0.3) is 0 Å². The molecule has 0 saturated carbocycles. The fraction of sp³-hybridized carbons (Fsp3) is 0.467. The number of rotatable bonds is 3. The van der Waals surface area contributed by atoms with Gasteiger partial charge in [-0.05, 0) is 38.0 Å². The van der Waals surface area contributed by atoms with Crippen molar-refractivity contribution in [3.63, 3.8) is 0 Å². The summed E-state index contributed by atoms with van der Waals surface area (Å²) in [4.78, 5) is 25.8. The molecule has 0 aliphatic carbocycles. The van der Waals surface area contributed by atoms with Crippen LogP contribution in [0.15, 0.2) is 18.2 Å². The van der Waals surface area contributed by atoms with Crippen molar-refractivity contribution in [2.24, 2.45) is 11.7 Å². The standard InChI is InChI=1S/C15H19Cl2N3O2/c1-9(18)15(22)20-6-4-10(5-7-20)14(21)19-11-2-3-12(16)13(17)8-11/h2-3,8-10H,4-7,18H2,1H3,(H,19,21)/t9-/m1/s1. The van der Waals surface area contributed by atoms with Crippen LogP contribution in [-0.4, -0.2) is 35.8 Å². The van der Waals surface area contributed by atoms with Gasteiger partial charge in [0, 0.05) is 24.7 Å². The number of amides is 2. The van der Waals surface area contributed by atoms with Gasteiger partial charge in [-0.2, -0.15) is 0 Å². The maximum Gasteiger partial charge on any atom is 0.239 e. The minimum Gasteiger partial charge on any atom is -0.341 e. The van der Waals surface area contributed by atoms with E-state index in [1.807, 2.05) is 0 Å². The van der Waals surface area contributed by atoms with Gasteiger partial charge in [-0.15, -0.1) is 0 Å². The smallest absolute Gasteiger partial charge is 0.239 e. The highest BCUT2D eigenvalue weighted by atomic mass is 35.5. The van der Waals surface area contributed by atoms with E-state index in [4.69, 9.17) is 28.9 Å². The molecule has 1 aliphatic heterocycles.